The number of carbonyl (C=O) groups excluding carboxylic acids is 2. The van der Waals surface area contributed by atoms with Crippen molar-refractivity contribution in [3.05, 3.63) is 0 Å². The molecule has 0 rings (SSSR count). The first-order chi connectivity index (χ1) is 6.07. The highest BCUT2D eigenvalue weighted by Gasteiger charge is 2.12. The van der Waals surface area contributed by atoms with Crippen LogP contribution in [0.2, 0.25) is 0 Å². The number of ether oxygens (including phenoxy) is 1. The molecule has 7 heteroatoms. The average molecular weight is 243 g/mol. The second-order valence-corrected chi connectivity index (χ2v) is 3.41. The summed E-state index contributed by atoms with van der Waals surface area (Å²) in [5, 5.41) is 2.57. The minimum atomic E-state index is -0.622. The molecule has 0 aliphatic rings. The summed E-state index contributed by atoms with van der Waals surface area (Å²) >= 11 is 1.38. The molecule has 0 heterocycles. The van der Waals surface area contributed by atoms with Crippen molar-refractivity contribution in [3.8, 4) is 0 Å². The van der Waals surface area contributed by atoms with Crippen molar-refractivity contribution in [1.29, 1.82) is 0 Å². The van der Waals surface area contributed by atoms with Crippen LogP contribution in [0.4, 0.5) is 0 Å². The Bertz CT molecular complexity index is 192. The fraction of sp³-hybridized carbons (Fsp3) is 0.714. The van der Waals surface area contributed by atoms with Crippen LogP contribution in [0.15, 0.2) is 0 Å². The van der Waals surface area contributed by atoms with Crippen molar-refractivity contribution < 1.29 is 14.3 Å². The number of hydrogen-bond acceptors (Lipinski definition) is 5. The zero-order valence-corrected chi connectivity index (χ0v) is 9.74. The Hall–Kier alpha value is -0.460. The summed E-state index contributed by atoms with van der Waals surface area (Å²) in [4.78, 5) is 21.2. The highest BCUT2D eigenvalue weighted by molar-refractivity contribution is 7.99. The van der Waals surface area contributed by atoms with Crippen molar-refractivity contribution >= 4 is 36.0 Å². The van der Waals surface area contributed by atoms with Crippen molar-refractivity contribution in [2.24, 2.45) is 5.73 Å². The van der Waals surface area contributed by atoms with Crippen molar-refractivity contribution in [2.45, 2.75) is 13.0 Å². The third kappa shape index (κ3) is 8.15. The number of nitrogens with two attached hydrogens (primary N) is 1. The first-order valence-corrected chi connectivity index (χ1v) is 4.89. The third-order valence-electron chi connectivity index (χ3n) is 1.22. The average Bonchev–Trinajstić information content (AvgIpc) is 2.10. The fourth-order valence-electron chi connectivity index (χ4n) is 0.558. The molecule has 0 spiro atoms. The molecule has 0 fully saturated rings. The van der Waals surface area contributed by atoms with Gasteiger partial charge in [-0.2, -0.15) is 0 Å². The van der Waals surface area contributed by atoms with Crippen LogP contribution in [0.1, 0.15) is 6.92 Å². The molecular weight excluding hydrogens is 228 g/mol. The highest BCUT2D eigenvalue weighted by Crippen LogP contribution is 2.00. The van der Waals surface area contributed by atoms with Gasteiger partial charge >= 0.3 is 5.97 Å². The number of thioether (sulfide) groups is 1. The van der Waals surface area contributed by atoms with Gasteiger partial charge in [0.25, 0.3) is 0 Å². The molecule has 0 aromatic rings. The Labute approximate surface area is 93.5 Å². The Balaban J connectivity index is 0. The lowest BCUT2D eigenvalue weighted by Gasteiger charge is -2.08. The fourth-order valence-corrected chi connectivity index (χ4v) is 1.37. The number of methoxy groups -OCH3 is 1. The number of hydrogen-bond donors (Lipinski definition) is 2. The van der Waals surface area contributed by atoms with E-state index in [2.05, 4.69) is 10.1 Å². The molecule has 3 N–H and O–H groups in total. The topological polar surface area (TPSA) is 81.4 Å². The molecule has 84 valence electrons. The van der Waals surface area contributed by atoms with E-state index in [1.165, 1.54) is 25.8 Å². The summed E-state index contributed by atoms with van der Waals surface area (Å²) < 4.78 is 4.43. The molecule has 0 bridgehead atoms. The number of nitrogens with one attached hydrogen (secondary N) is 1. The van der Waals surface area contributed by atoms with E-state index in [9.17, 15) is 9.59 Å². The monoisotopic (exact) mass is 242 g/mol. The van der Waals surface area contributed by atoms with Crippen LogP contribution >= 0.6 is 24.2 Å². The third-order valence-corrected chi connectivity index (χ3v) is 2.17. The van der Waals surface area contributed by atoms with Crippen LogP contribution in [0.3, 0.4) is 0 Å². The smallest absolute Gasteiger partial charge is 0.323 e. The van der Waals surface area contributed by atoms with Gasteiger partial charge in [0, 0.05) is 12.7 Å². The van der Waals surface area contributed by atoms with Crippen molar-refractivity contribution in [3.63, 3.8) is 0 Å². The van der Waals surface area contributed by atoms with Crippen molar-refractivity contribution in [1.82, 2.24) is 5.32 Å². The molecule has 0 aromatic heterocycles. The normalized spacial score (nSPS) is 11.1. The van der Waals surface area contributed by atoms with Gasteiger partial charge in [-0.15, -0.1) is 24.2 Å². The molecule has 0 aliphatic carbocycles. The number of halogens is 1. The molecular formula is C7H15ClN2O3S. The van der Waals surface area contributed by atoms with E-state index in [4.69, 9.17) is 5.73 Å². The number of carbonyl (C=O) groups is 2. The molecule has 0 unspecified atom stereocenters. The summed E-state index contributed by atoms with van der Waals surface area (Å²) in [5.74, 6) is 0.363. The van der Waals surface area contributed by atoms with E-state index < -0.39 is 12.0 Å². The molecule has 0 aromatic carbocycles. The lowest BCUT2D eigenvalue weighted by molar-refractivity contribution is -0.141. The zero-order chi connectivity index (χ0) is 10.3. The first-order valence-electron chi connectivity index (χ1n) is 3.73. The van der Waals surface area contributed by atoms with E-state index in [-0.39, 0.29) is 18.3 Å². The van der Waals surface area contributed by atoms with Crippen LogP contribution in [0.5, 0.6) is 0 Å². The molecule has 0 radical (unpaired) electrons. The van der Waals surface area contributed by atoms with Gasteiger partial charge in [-0.3, -0.25) is 9.59 Å². The molecule has 1 amide bonds. The highest BCUT2D eigenvalue weighted by atomic mass is 35.5. The predicted octanol–water partition coefficient (Wildman–Crippen LogP) is -0.265. The Morgan fingerprint density at radius 2 is 2.14 bits per heavy atom. The minimum Gasteiger partial charge on any atom is -0.468 e. The van der Waals surface area contributed by atoms with Gasteiger partial charge < -0.3 is 15.8 Å². The van der Waals surface area contributed by atoms with Gasteiger partial charge in [0.05, 0.1) is 13.0 Å². The van der Waals surface area contributed by atoms with E-state index in [0.29, 0.717) is 11.6 Å². The summed E-state index contributed by atoms with van der Waals surface area (Å²) in [7, 11) is 1.29. The van der Waals surface area contributed by atoms with Gasteiger partial charge in [-0.1, -0.05) is 0 Å². The second-order valence-electron chi connectivity index (χ2n) is 2.38. The zero-order valence-electron chi connectivity index (χ0n) is 8.11. The van der Waals surface area contributed by atoms with Crippen LogP contribution in [0.25, 0.3) is 0 Å². The van der Waals surface area contributed by atoms with Crippen LogP contribution in [-0.4, -0.2) is 36.7 Å². The Morgan fingerprint density at radius 3 is 2.57 bits per heavy atom. The minimum absolute atomic E-state index is 0. The van der Waals surface area contributed by atoms with Gasteiger partial charge in [0.15, 0.2) is 0 Å². The van der Waals surface area contributed by atoms with Crippen molar-refractivity contribution in [2.75, 3.05) is 18.7 Å². The Morgan fingerprint density at radius 1 is 1.57 bits per heavy atom. The number of amides is 1. The molecule has 0 saturated heterocycles. The maximum Gasteiger partial charge on any atom is 0.323 e. The lowest BCUT2D eigenvalue weighted by atomic mass is 10.4. The summed E-state index contributed by atoms with van der Waals surface area (Å²) in [5.41, 5.74) is 5.44. The predicted molar refractivity (Wildman–Crippen MR) is 58.4 cm³/mol. The molecule has 14 heavy (non-hydrogen) atoms. The Kier molecular flexibility index (Phi) is 10.4. The van der Waals surface area contributed by atoms with E-state index in [0.717, 1.165) is 0 Å². The van der Waals surface area contributed by atoms with E-state index in [1.54, 1.807) is 0 Å². The maximum atomic E-state index is 10.8. The molecule has 0 saturated carbocycles. The van der Waals surface area contributed by atoms with Crippen LogP contribution in [-0.2, 0) is 14.3 Å². The summed E-state index contributed by atoms with van der Waals surface area (Å²) in [6.45, 7) is 1.43. The largest absolute Gasteiger partial charge is 0.468 e. The summed E-state index contributed by atoms with van der Waals surface area (Å²) in [6, 6.07) is -0.622. The van der Waals surface area contributed by atoms with Crippen LogP contribution in [0, 0.1) is 0 Å². The summed E-state index contributed by atoms with van der Waals surface area (Å²) in [6.07, 6.45) is 0. The van der Waals surface area contributed by atoms with Gasteiger partial charge in [0.1, 0.15) is 6.04 Å². The molecule has 1 atom stereocenters. The second kappa shape index (κ2) is 9.11. The number of esters is 1. The van der Waals surface area contributed by atoms with Gasteiger partial charge in [-0.05, 0) is 0 Å². The van der Waals surface area contributed by atoms with Gasteiger partial charge in [0.2, 0.25) is 5.91 Å². The van der Waals surface area contributed by atoms with E-state index >= 15 is 0 Å². The van der Waals surface area contributed by atoms with Gasteiger partial charge in [-0.25, -0.2) is 0 Å². The quantitative estimate of drug-likeness (QED) is 0.394. The lowest BCUT2D eigenvalue weighted by Crippen LogP contribution is -2.34. The first kappa shape index (κ1) is 16.0. The maximum absolute atomic E-state index is 10.8. The number of rotatable bonds is 5. The van der Waals surface area contributed by atoms with E-state index in [1.807, 2.05) is 0 Å². The van der Waals surface area contributed by atoms with Crippen LogP contribution < -0.4 is 11.1 Å². The standard InChI is InChI=1S/C7H14N2O3S.ClH/c1-5(10)9-4-13-3-6(8)7(11)12-2;/h6H,3-4,8H2,1-2H3,(H,9,10);1H/t6-;/m0./s1. The molecule has 5 nitrogen and oxygen atoms in total. The SMILES string of the molecule is COC(=O)[C@@H](N)CSCNC(C)=O.Cl. The molecule has 0 aliphatic heterocycles.